The Bertz CT molecular complexity index is 889. The van der Waals surface area contributed by atoms with Crippen molar-refractivity contribution in [3.8, 4) is 11.5 Å². The minimum atomic E-state index is -0.233. The third-order valence-corrected chi connectivity index (χ3v) is 6.36. The number of alkyl halides is 1. The summed E-state index contributed by atoms with van der Waals surface area (Å²) in [6.07, 6.45) is 1.74. The molecule has 1 unspecified atom stereocenters. The second-order valence-corrected chi connectivity index (χ2v) is 8.65. The largest absolute Gasteiger partial charge is 0.493 e. The molecule has 0 aromatic heterocycles. The van der Waals surface area contributed by atoms with E-state index in [4.69, 9.17) is 14.5 Å². The lowest BCUT2D eigenvalue weighted by Gasteiger charge is -2.32. The summed E-state index contributed by atoms with van der Waals surface area (Å²) in [7, 11) is 1.72. The number of hydrogen-bond acceptors (Lipinski definition) is 3. The van der Waals surface area contributed by atoms with Crippen molar-refractivity contribution in [3.05, 3.63) is 58.7 Å². The van der Waals surface area contributed by atoms with Crippen LogP contribution >= 0.6 is 15.9 Å². The van der Waals surface area contributed by atoms with Crippen molar-refractivity contribution < 1.29 is 9.47 Å². The van der Waals surface area contributed by atoms with Crippen molar-refractivity contribution in [2.75, 3.05) is 12.4 Å². The average molecular weight is 414 g/mol. The van der Waals surface area contributed by atoms with Crippen molar-refractivity contribution in [2.45, 2.75) is 44.8 Å². The number of nitrogens with zero attached hydrogens (tertiary/aromatic N) is 1. The number of rotatable bonds is 3. The van der Waals surface area contributed by atoms with Crippen LogP contribution in [0.3, 0.4) is 0 Å². The molecule has 136 valence electrons. The zero-order chi connectivity index (χ0) is 18.5. The smallest absolute Gasteiger partial charge is 0.166 e. The molecule has 0 radical (unpaired) electrons. The van der Waals surface area contributed by atoms with Crippen molar-refractivity contribution in [1.29, 1.82) is 0 Å². The van der Waals surface area contributed by atoms with Crippen molar-refractivity contribution in [1.82, 2.24) is 0 Å². The Labute approximate surface area is 163 Å². The van der Waals surface area contributed by atoms with Gasteiger partial charge in [0.25, 0.3) is 0 Å². The van der Waals surface area contributed by atoms with Crippen LogP contribution in [-0.4, -0.2) is 29.3 Å². The molecule has 2 aliphatic heterocycles. The maximum atomic E-state index is 6.26. The van der Waals surface area contributed by atoms with Gasteiger partial charge in [-0.2, -0.15) is 0 Å². The average Bonchev–Trinajstić information content (AvgIpc) is 2.96. The van der Waals surface area contributed by atoms with Gasteiger partial charge in [-0.05, 0) is 38.8 Å². The fourth-order valence-electron chi connectivity index (χ4n) is 4.01. The van der Waals surface area contributed by atoms with E-state index < -0.39 is 0 Å². The summed E-state index contributed by atoms with van der Waals surface area (Å²) < 4.78 is 11.9. The lowest BCUT2D eigenvalue weighted by Crippen LogP contribution is -2.34. The van der Waals surface area contributed by atoms with Gasteiger partial charge in [-0.15, -0.1) is 0 Å². The van der Waals surface area contributed by atoms with Gasteiger partial charge in [0, 0.05) is 28.4 Å². The quantitative estimate of drug-likeness (QED) is 0.665. The molecule has 0 spiro atoms. The Morgan fingerprint density at radius 1 is 1.15 bits per heavy atom. The third-order valence-electron chi connectivity index (χ3n) is 5.15. The van der Waals surface area contributed by atoms with E-state index in [0.717, 1.165) is 40.9 Å². The molecule has 0 N–H and O–H groups in total. The SMILES string of the molecule is COc1cc2c(c3c1OC(C)(C)C3)C(c1ccccc1)=NC(C)(CBr)C2. The first-order valence-corrected chi connectivity index (χ1v) is 10.1. The minimum absolute atomic E-state index is 0.174. The first kappa shape index (κ1) is 17.6. The lowest BCUT2D eigenvalue weighted by molar-refractivity contribution is 0.134. The molecule has 1 atom stereocenters. The van der Waals surface area contributed by atoms with Gasteiger partial charge in [-0.25, -0.2) is 0 Å². The molecule has 0 amide bonds. The summed E-state index contributed by atoms with van der Waals surface area (Å²) in [6, 6.07) is 12.6. The second kappa shape index (κ2) is 6.12. The molecular weight excluding hydrogens is 390 g/mol. The van der Waals surface area contributed by atoms with E-state index in [0.29, 0.717) is 0 Å². The highest BCUT2D eigenvalue weighted by Gasteiger charge is 2.40. The molecule has 2 aromatic rings. The predicted molar refractivity (Wildman–Crippen MR) is 109 cm³/mol. The van der Waals surface area contributed by atoms with Crippen LogP contribution in [0.4, 0.5) is 0 Å². The second-order valence-electron chi connectivity index (χ2n) is 8.09. The van der Waals surface area contributed by atoms with Gasteiger partial charge >= 0.3 is 0 Å². The van der Waals surface area contributed by atoms with Crippen LogP contribution in [0.2, 0.25) is 0 Å². The van der Waals surface area contributed by atoms with Gasteiger partial charge in [0.1, 0.15) is 5.60 Å². The van der Waals surface area contributed by atoms with Crippen LogP contribution in [0.1, 0.15) is 43.0 Å². The van der Waals surface area contributed by atoms with Crippen molar-refractivity contribution >= 4 is 21.6 Å². The first-order valence-electron chi connectivity index (χ1n) is 8.99. The molecule has 0 fully saturated rings. The van der Waals surface area contributed by atoms with E-state index in [1.54, 1.807) is 7.11 Å². The van der Waals surface area contributed by atoms with E-state index in [9.17, 15) is 0 Å². The van der Waals surface area contributed by atoms with Crippen LogP contribution in [0.25, 0.3) is 0 Å². The summed E-state index contributed by atoms with van der Waals surface area (Å²) in [5.41, 5.74) is 5.55. The Morgan fingerprint density at radius 2 is 1.88 bits per heavy atom. The van der Waals surface area contributed by atoms with Gasteiger partial charge in [-0.3, -0.25) is 4.99 Å². The molecule has 0 bridgehead atoms. The van der Waals surface area contributed by atoms with Crippen LogP contribution < -0.4 is 9.47 Å². The summed E-state index contributed by atoms with van der Waals surface area (Å²) in [4.78, 5) is 5.20. The number of hydrogen-bond donors (Lipinski definition) is 0. The van der Waals surface area contributed by atoms with Gasteiger partial charge in [0.15, 0.2) is 11.5 Å². The Balaban J connectivity index is 2.00. The first-order chi connectivity index (χ1) is 12.4. The van der Waals surface area contributed by atoms with Crippen LogP contribution in [0.15, 0.2) is 41.4 Å². The summed E-state index contributed by atoms with van der Waals surface area (Å²) in [5, 5.41) is 0.817. The van der Waals surface area contributed by atoms with Gasteiger partial charge in [0.05, 0.1) is 18.4 Å². The zero-order valence-corrected chi connectivity index (χ0v) is 17.3. The molecule has 3 nitrogen and oxygen atoms in total. The molecule has 2 aliphatic rings. The van der Waals surface area contributed by atoms with Crippen LogP contribution in [0, 0.1) is 0 Å². The third kappa shape index (κ3) is 2.84. The van der Waals surface area contributed by atoms with Gasteiger partial charge < -0.3 is 9.47 Å². The van der Waals surface area contributed by atoms with Crippen molar-refractivity contribution in [2.24, 2.45) is 4.99 Å². The van der Waals surface area contributed by atoms with E-state index in [2.05, 4.69) is 67.0 Å². The lowest BCUT2D eigenvalue weighted by atomic mass is 9.81. The van der Waals surface area contributed by atoms with Crippen LogP contribution in [0.5, 0.6) is 11.5 Å². The van der Waals surface area contributed by atoms with Crippen LogP contribution in [-0.2, 0) is 12.8 Å². The number of aliphatic imine (C=N–C) groups is 1. The monoisotopic (exact) mass is 413 g/mol. The highest BCUT2D eigenvalue weighted by molar-refractivity contribution is 9.09. The van der Waals surface area contributed by atoms with E-state index in [1.807, 2.05) is 6.07 Å². The molecule has 2 heterocycles. The standard InChI is InChI=1S/C22H24BrNO2/c1-21(2)12-16-18-15(10-17(25-4)20(16)26-21)11-22(3,13-23)24-19(18)14-8-6-5-7-9-14/h5-10H,11-13H2,1-4H3. The molecule has 4 rings (SSSR count). The Kier molecular flexibility index (Phi) is 4.14. The van der Waals surface area contributed by atoms with E-state index in [-0.39, 0.29) is 11.1 Å². The van der Waals surface area contributed by atoms with E-state index in [1.165, 1.54) is 16.7 Å². The topological polar surface area (TPSA) is 30.8 Å². The molecule has 4 heteroatoms. The zero-order valence-electron chi connectivity index (χ0n) is 15.7. The normalized spacial score (nSPS) is 22.9. The maximum absolute atomic E-state index is 6.26. The molecule has 0 saturated carbocycles. The summed E-state index contributed by atoms with van der Waals surface area (Å²) in [5.74, 6) is 1.71. The number of fused-ring (bicyclic) bond motifs is 3. The van der Waals surface area contributed by atoms with Gasteiger partial charge in [-0.1, -0.05) is 46.3 Å². The van der Waals surface area contributed by atoms with Gasteiger partial charge in [0.2, 0.25) is 0 Å². The number of ether oxygens (including phenoxy) is 2. The molecule has 2 aromatic carbocycles. The Morgan fingerprint density at radius 3 is 2.54 bits per heavy atom. The molecular formula is C22H24BrNO2. The minimum Gasteiger partial charge on any atom is -0.493 e. The predicted octanol–water partition coefficient (Wildman–Crippen LogP) is 4.96. The fourth-order valence-corrected chi connectivity index (χ4v) is 4.34. The summed E-state index contributed by atoms with van der Waals surface area (Å²) in [6.45, 7) is 6.46. The fraction of sp³-hybridized carbons (Fsp3) is 0.409. The molecule has 26 heavy (non-hydrogen) atoms. The number of methoxy groups -OCH3 is 1. The summed E-state index contributed by atoms with van der Waals surface area (Å²) >= 11 is 3.67. The highest BCUT2D eigenvalue weighted by atomic mass is 79.9. The number of halogens is 1. The molecule has 0 saturated heterocycles. The molecule has 0 aliphatic carbocycles. The van der Waals surface area contributed by atoms with Crippen molar-refractivity contribution in [3.63, 3.8) is 0 Å². The highest BCUT2D eigenvalue weighted by Crippen LogP contribution is 2.48. The maximum Gasteiger partial charge on any atom is 0.166 e. The number of benzene rings is 2. The van der Waals surface area contributed by atoms with E-state index >= 15 is 0 Å². The Hall–Kier alpha value is -1.81.